The predicted octanol–water partition coefficient (Wildman–Crippen LogP) is 5.39. The molecule has 3 heteroatoms. The molecule has 0 atom stereocenters. The summed E-state index contributed by atoms with van der Waals surface area (Å²) in [7, 11) is 0. The van der Waals surface area contributed by atoms with Gasteiger partial charge >= 0.3 is 140 Å². The Bertz CT molecular complexity index is 507. The summed E-state index contributed by atoms with van der Waals surface area (Å²) < 4.78 is 8.26. The van der Waals surface area contributed by atoms with Crippen molar-refractivity contribution in [3.63, 3.8) is 0 Å². The maximum absolute atomic E-state index is 5.10. The first-order valence-corrected chi connectivity index (χ1v) is 16.7. The van der Waals surface area contributed by atoms with Crippen molar-refractivity contribution in [3.05, 3.63) is 30.6 Å². The molecule has 2 rings (SSSR count). The summed E-state index contributed by atoms with van der Waals surface area (Å²) in [4.78, 5) is 5.10. The number of rotatable bonds is 10. The second-order valence-corrected chi connectivity index (χ2v) is 19.7. The first-order valence-electron chi connectivity index (χ1n) is 9.20. The molecule has 0 amide bonds. The van der Waals surface area contributed by atoms with Crippen LogP contribution in [0.5, 0.6) is 0 Å². The van der Waals surface area contributed by atoms with Crippen molar-refractivity contribution in [2.24, 2.45) is 0 Å². The summed E-state index contributed by atoms with van der Waals surface area (Å²) in [6, 6.07) is 6.37. The van der Waals surface area contributed by atoms with Crippen LogP contribution in [0.4, 0.5) is 0 Å². The molecule has 0 aromatic carbocycles. The molecule has 2 nitrogen and oxygen atoms in total. The number of nitrogens with zero attached hydrogens (tertiary/aromatic N) is 2. The Kier molecular flexibility index (Phi) is 7.26. The first kappa shape index (κ1) is 17.8. The summed E-state index contributed by atoms with van der Waals surface area (Å²) >= 11 is -2.34. The fourth-order valence-corrected chi connectivity index (χ4v) is 18.8. The van der Waals surface area contributed by atoms with Crippen molar-refractivity contribution in [2.75, 3.05) is 0 Å². The molecule has 0 aliphatic rings. The average Bonchev–Trinajstić information content (AvgIpc) is 2.99. The van der Waals surface area contributed by atoms with Gasteiger partial charge in [-0.3, -0.25) is 0 Å². The van der Waals surface area contributed by atoms with E-state index in [2.05, 4.69) is 55.8 Å². The van der Waals surface area contributed by atoms with Crippen molar-refractivity contribution in [3.8, 4) is 0 Å². The van der Waals surface area contributed by atoms with Crippen molar-refractivity contribution in [1.29, 1.82) is 0 Å². The number of hydrogen-bond donors (Lipinski definition) is 0. The predicted molar refractivity (Wildman–Crippen MR) is 99.7 cm³/mol. The molecule has 2 aromatic rings. The van der Waals surface area contributed by atoms with Crippen LogP contribution in [0.2, 0.25) is 13.3 Å². The van der Waals surface area contributed by atoms with Crippen LogP contribution in [0.25, 0.3) is 5.65 Å². The van der Waals surface area contributed by atoms with Crippen LogP contribution in [0.3, 0.4) is 0 Å². The summed E-state index contributed by atoms with van der Waals surface area (Å²) in [5, 5.41) is 0. The van der Waals surface area contributed by atoms with Crippen LogP contribution in [0.1, 0.15) is 59.3 Å². The van der Waals surface area contributed by atoms with Gasteiger partial charge in [0.05, 0.1) is 0 Å². The summed E-state index contributed by atoms with van der Waals surface area (Å²) in [5.41, 5.74) is 1.14. The molecular formula is C19H32N2Sn. The molecule has 0 saturated heterocycles. The van der Waals surface area contributed by atoms with Crippen LogP contribution in [0, 0.1) is 0 Å². The average molecular weight is 407 g/mol. The van der Waals surface area contributed by atoms with Gasteiger partial charge in [-0.05, 0) is 0 Å². The quantitative estimate of drug-likeness (QED) is 0.483. The number of unbranched alkanes of at least 4 members (excludes halogenated alkanes) is 3. The minimum absolute atomic E-state index is 1.14. The molecule has 0 aliphatic heterocycles. The Morgan fingerprint density at radius 1 is 0.909 bits per heavy atom. The van der Waals surface area contributed by atoms with E-state index in [0.717, 1.165) is 5.65 Å². The summed E-state index contributed by atoms with van der Waals surface area (Å²) in [5.74, 6) is 0. The van der Waals surface area contributed by atoms with Crippen LogP contribution in [0.15, 0.2) is 30.6 Å². The van der Waals surface area contributed by atoms with E-state index >= 15 is 0 Å². The number of hydrogen-bond acceptors (Lipinski definition) is 1. The minimum atomic E-state index is -2.34. The van der Waals surface area contributed by atoms with Crippen LogP contribution in [-0.2, 0) is 0 Å². The van der Waals surface area contributed by atoms with E-state index in [1.165, 1.54) is 55.5 Å². The van der Waals surface area contributed by atoms with Crippen LogP contribution < -0.4 is 3.71 Å². The topological polar surface area (TPSA) is 17.3 Å². The van der Waals surface area contributed by atoms with E-state index in [1.807, 2.05) is 0 Å². The Morgan fingerprint density at radius 3 is 2.00 bits per heavy atom. The summed E-state index contributed by atoms with van der Waals surface area (Å²) in [6.07, 6.45) is 12.7. The fourth-order valence-electron chi connectivity index (χ4n) is 3.49. The van der Waals surface area contributed by atoms with Gasteiger partial charge in [0.25, 0.3) is 0 Å². The zero-order valence-corrected chi connectivity index (χ0v) is 17.5. The molecule has 0 bridgehead atoms. The zero-order valence-electron chi connectivity index (χ0n) is 14.6. The number of aromatic nitrogens is 2. The van der Waals surface area contributed by atoms with Crippen molar-refractivity contribution in [1.82, 2.24) is 9.38 Å². The maximum atomic E-state index is 5.10. The van der Waals surface area contributed by atoms with Crippen molar-refractivity contribution in [2.45, 2.75) is 72.6 Å². The van der Waals surface area contributed by atoms with Gasteiger partial charge in [0.2, 0.25) is 0 Å². The van der Waals surface area contributed by atoms with E-state index in [1.54, 1.807) is 0 Å². The molecule has 0 unspecified atom stereocenters. The normalized spacial score (nSPS) is 12.1. The van der Waals surface area contributed by atoms with Gasteiger partial charge in [-0.2, -0.15) is 0 Å². The second-order valence-electron chi connectivity index (χ2n) is 6.68. The van der Waals surface area contributed by atoms with Gasteiger partial charge in [-0.15, -0.1) is 0 Å². The fraction of sp³-hybridized carbons (Fsp3) is 0.632. The van der Waals surface area contributed by atoms with E-state index < -0.39 is 18.4 Å². The third kappa shape index (κ3) is 4.27. The second kappa shape index (κ2) is 8.95. The molecule has 0 saturated carbocycles. The Labute approximate surface area is 140 Å². The number of imidazole rings is 1. The van der Waals surface area contributed by atoms with Gasteiger partial charge < -0.3 is 0 Å². The van der Waals surface area contributed by atoms with E-state index in [4.69, 9.17) is 4.98 Å². The SMILES string of the molecule is CCC[CH2][Sn]([CH2]CCC)([CH2]CCC)[c]1cn2ccccc2n1. The Balaban J connectivity index is 2.37. The van der Waals surface area contributed by atoms with Gasteiger partial charge in [-0.25, -0.2) is 0 Å². The van der Waals surface area contributed by atoms with Gasteiger partial charge in [0.1, 0.15) is 0 Å². The monoisotopic (exact) mass is 408 g/mol. The zero-order chi connectivity index (χ0) is 15.8. The third-order valence-electron chi connectivity index (χ3n) is 4.93. The number of fused-ring (bicyclic) bond motifs is 1. The molecule has 0 spiro atoms. The van der Waals surface area contributed by atoms with Gasteiger partial charge in [0, 0.05) is 0 Å². The number of pyridine rings is 1. The van der Waals surface area contributed by atoms with Crippen molar-refractivity contribution < 1.29 is 0 Å². The molecule has 2 aromatic heterocycles. The van der Waals surface area contributed by atoms with E-state index in [-0.39, 0.29) is 0 Å². The van der Waals surface area contributed by atoms with E-state index in [0.29, 0.717) is 0 Å². The molecule has 0 fully saturated rings. The third-order valence-corrected chi connectivity index (χ3v) is 19.9. The van der Waals surface area contributed by atoms with Crippen LogP contribution >= 0.6 is 0 Å². The van der Waals surface area contributed by atoms with E-state index in [9.17, 15) is 0 Å². The molecule has 22 heavy (non-hydrogen) atoms. The molecular weight excluding hydrogens is 375 g/mol. The Hall–Kier alpha value is -0.511. The van der Waals surface area contributed by atoms with Gasteiger partial charge in [-0.1, -0.05) is 0 Å². The molecule has 122 valence electrons. The molecule has 0 radical (unpaired) electrons. The summed E-state index contributed by atoms with van der Waals surface area (Å²) in [6.45, 7) is 7.00. The Morgan fingerprint density at radius 2 is 1.50 bits per heavy atom. The molecule has 0 aliphatic carbocycles. The molecule has 0 N–H and O–H groups in total. The van der Waals surface area contributed by atoms with Crippen LogP contribution in [-0.4, -0.2) is 27.8 Å². The van der Waals surface area contributed by atoms with Gasteiger partial charge in [0.15, 0.2) is 0 Å². The standard InChI is InChI=1S/C7H5N2.3C4H9.Sn/c1-2-5-9-6-4-8-7(9)3-1;3*1-3-4-2;/h1-3,5-6H;3*1,3-4H2,2H3;. The first-order chi connectivity index (χ1) is 10.8. The molecule has 2 heterocycles. The van der Waals surface area contributed by atoms with Crippen molar-refractivity contribution >= 4 is 27.7 Å².